The minimum Gasteiger partial charge on any atom is -0.482 e. The van der Waals surface area contributed by atoms with Crippen molar-refractivity contribution in [2.75, 3.05) is 36.3 Å². The Morgan fingerprint density at radius 2 is 2.35 bits per heavy atom. The van der Waals surface area contributed by atoms with Gasteiger partial charge < -0.3 is 15.0 Å². The number of hydrogen-bond donors (Lipinski definition) is 1. The topological polar surface area (TPSA) is 41.6 Å². The fraction of sp³-hybridized carbons (Fsp3) is 0.417. The van der Waals surface area contributed by atoms with Crippen molar-refractivity contribution in [3.8, 4) is 5.75 Å². The minimum absolute atomic E-state index is 0.0177. The van der Waals surface area contributed by atoms with Crippen molar-refractivity contribution in [3.05, 3.63) is 18.2 Å². The summed E-state index contributed by atoms with van der Waals surface area (Å²) in [5.74, 6) is 1.28. The smallest absolute Gasteiger partial charge is 0.265 e. The molecule has 0 saturated carbocycles. The number of amides is 1. The number of nitrogens with zero attached hydrogens (tertiary/aromatic N) is 1. The van der Waals surface area contributed by atoms with Crippen LogP contribution in [0.1, 0.15) is 6.42 Å². The Labute approximate surface area is 106 Å². The predicted octanol–water partition coefficient (Wildman–Crippen LogP) is 2.08. The third-order valence-corrected chi connectivity index (χ3v) is 2.97. The fourth-order valence-corrected chi connectivity index (χ4v) is 1.94. The molecule has 0 fully saturated rings. The lowest BCUT2D eigenvalue weighted by Gasteiger charge is -2.29. The van der Waals surface area contributed by atoms with E-state index in [4.69, 9.17) is 16.3 Å². The molecule has 1 aromatic rings. The second-order valence-electron chi connectivity index (χ2n) is 3.81. The standard InChI is InChI=1S/C12H15ClN2O2/c1-14-9-3-4-11-10(7-9)15(6-2-5-13)12(16)8-17-11/h3-4,7,14H,2,5-6,8H2,1H3. The number of hydrogen-bond acceptors (Lipinski definition) is 3. The van der Waals surface area contributed by atoms with E-state index in [-0.39, 0.29) is 12.5 Å². The number of carbonyl (C=O) groups is 1. The molecule has 1 aromatic carbocycles. The van der Waals surface area contributed by atoms with Gasteiger partial charge >= 0.3 is 0 Å². The van der Waals surface area contributed by atoms with Crippen molar-refractivity contribution in [1.82, 2.24) is 0 Å². The number of carbonyl (C=O) groups excluding carboxylic acids is 1. The fourth-order valence-electron chi connectivity index (χ4n) is 1.82. The number of rotatable bonds is 4. The molecule has 0 bridgehead atoms. The first kappa shape index (κ1) is 12.0. The molecule has 0 spiro atoms. The molecule has 1 heterocycles. The third kappa shape index (κ3) is 2.47. The van der Waals surface area contributed by atoms with Gasteiger partial charge in [0.2, 0.25) is 0 Å². The van der Waals surface area contributed by atoms with Crippen LogP contribution in [0.15, 0.2) is 18.2 Å². The van der Waals surface area contributed by atoms with Crippen LogP contribution in [0.5, 0.6) is 5.75 Å². The molecule has 1 aliphatic rings. The van der Waals surface area contributed by atoms with E-state index >= 15 is 0 Å². The van der Waals surface area contributed by atoms with Crippen LogP contribution in [-0.2, 0) is 4.79 Å². The molecule has 0 aromatic heterocycles. The number of halogens is 1. The number of anilines is 2. The van der Waals surface area contributed by atoms with E-state index in [0.29, 0.717) is 12.4 Å². The third-order valence-electron chi connectivity index (χ3n) is 2.71. The second kappa shape index (κ2) is 5.27. The Morgan fingerprint density at radius 1 is 1.53 bits per heavy atom. The molecule has 2 rings (SSSR count). The van der Waals surface area contributed by atoms with Gasteiger partial charge in [-0.1, -0.05) is 0 Å². The highest BCUT2D eigenvalue weighted by molar-refractivity contribution is 6.17. The van der Waals surface area contributed by atoms with Crippen molar-refractivity contribution in [3.63, 3.8) is 0 Å². The molecule has 0 atom stereocenters. The van der Waals surface area contributed by atoms with E-state index in [9.17, 15) is 4.79 Å². The van der Waals surface area contributed by atoms with Crippen molar-refractivity contribution in [2.24, 2.45) is 0 Å². The molecule has 1 N–H and O–H groups in total. The van der Waals surface area contributed by atoms with E-state index in [0.717, 1.165) is 23.5 Å². The van der Waals surface area contributed by atoms with Crippen LogP contribution in [-0.4, -0.2) is 32.0 Å². The number of ether oxygens (including phenoxy) is 1. The van der Waals surface area contributed by atoms with Gasteiger partial charge in [-0.3, -0.25) is 4.79 Å². The summed E-state index contributed by atoms with van der Waals surface area (Å²) in [6.45, 7) is 0.736. The highest BCUT2D eigenvalue weighted by Gasteiger charge is 2.25. The summed E-state index contributed by atoms with van der Waals surface area (Å²) in [5, 5.41) is 3.05. The van der Waals surface area contributed by atoms with Crippen molar-refractivity contribution in [1.29, 1.82) is 0 Å². The average molecular weight is 255 g/mol. The summed E-state index contributed by atoms with van der Waals surface area (Å²) in [7, 11) is 1.84. The minimum atomic E-state index is -0.0177. The van der Waals surface area contributed by atoms with Gasteiger partial charge in [0.1, 0.15) is 5.75 Å². The zero-order valence-corrected chi connectivity index (χ0v) is 10.5. The Kier molecular flexibility index (Phi) is 3.74. The molecule has 92 valence electrons. The lowest BCUT2D eigenvalue weighted by atomic mass is 10.2. The molecule has 0 aliphatic carbocycles. The summed E-state index contributed by atoms with van der Waals surface area (Å²) in [4.78, 5) is 13.5. The molecule has 0 saturated heterocycles. The van der Waals surface area contributed by atoms with E-state index < -0.39 is 0 Å². The van der Waals surface area contributed by atoms with Crippen molar-refractivity contribution >= 4 is 28.9 Å². The van der Waals surface area contributed by atoms with Gasteiger partial charge in [-0.15, -0.1) is 11.6 Å². The van der Waals surface area contributed by atoms with Gasteiger partial charge in [-0.05, 0) is 24.6 Å². The maximum Gasteiger partial charge on any atom is 0.265 e. The van der Waals surface area contributed by atoms with Gasteiger partial charge in [-0.25, -0.2) is 0 Å². The quantitative estimate of drug-likeness (QED) is 0.837. The summed E-state index contributed by atoms with van der Waals surface area (Å²) < 4.78 is 5.39. The SMILES string of the molecule is CNc1ccc2c(c1)N(CCCCl)C(=O)CO2. The normalized spacial score (nSPS) is 14.2. The van der Waals surface area contributed by atoms with E-state index in [1.165, 1.54) is 0 Å². The maximum absolute atomic E-state index is 11.8. The first-order chi connectivity index (χ1) is 8.26. The lowest BCUT2D eigenvalue weighted by molar-refractivity contribution is -0.121. The van der Waals surface area contributed by atoms with Gasteiger partial charge in [0.25, 0.3) is 5.91 Å². The highest BCUT2D eigenvalue weighted by atomic mass is 35.5. The Bertz CT molecular complexity index is 423. The highest BCUT2D eigenvalue weighted by Crippen LogP contribution is 2.34. The Hall–Kier alpha value is -1.42. The van der Waals surface area contributed by atoms with Crippen LogP contribution >= 0.6 is 11.6 Å². The van der Waals surface area contributed by atoms with Crippen LogP contribution in [0.3, 0.4) is 0 Å². The second-order valence-corrected chi connectivity index (χ2v) is 4.19. The molecular weight excluding hydrogens is 240 g/mol. The zero-order chi connectivity index (χ0) is 12.3. The molecule has 17 heavy (non-hydrogen) atoms. The number of nitrogens with one attached hydrogen (secondary N) is 1. The van der Waals surface area contributed by atoms with Gasteiger partial charge in [0, 0.05) is 25.2 Å². The van der Waals surface area contributed by atoms with Gasteiger partial charge in [-0.2, -0.15) is 0 Å². The van der Waals surface area contributed by atoms with Crippen LogP contribution in [0, 0.1) is 0 Å². The molecule has 1 aliphatic heterocycles. The molecular formula is C12H15ClN2O2. The Morgan fingerprint density at radius 3 is 3.06 bits per heavy atom. The van der Waals surface area contributed by atoms with Crippen molar-refractivity contribution < 1.29 is 9.53 Å². The number of alkyl halides is 1. The maximum atomic E-state index is 11.8. The molecule has 5 heteroatoms. The predicted molar refractivity (Wildman–Crippen MR) is 69.2 cm³/mol. The zero-order valence-electron chi connectivity index (χ0n) is 9.70. The monoisotopic (exact) mass is 254 g/mol. The van der Waals surface area contributed by atoms with Gasteiger partial charge in [0.05, 0.1) is 5.69 Å². The molecule has 1 amide bonds. The van der Waals surface area contributed by atoms with Crippen LogP contribution in [0.25, 0.3) is 0 Å². The first-order valence-corrected chi connectivity index (χ1v) is 6.10. The van der Waals surface area contributed by atoms with Crippen LogP contribution in [0.4, 0.5) is 11.4 Å². The van der Waals surface area contributed by atoms with Crippen molar-refractivity contribution in [2.45, 2.75) is 6.42 Å². The number of benzene rings is 1. The van der Waals surface area contributed by atoms with Gasteiger partial charge in [0.15, 0.2) is 6.61 Å². The lowest BCUT2D eigenvalue weighted by Crippen LogP contribution is -2.39. The van der Waals surface area contributed by atoms with Crippen LogP contribution < -0.4 is 15.0 Å². The summed E-state index contributed by atoms with van der Waals surface area (Å²) >= 11 is 5.67. The average Bonchev–Trinajstić information content (AvgIpc) is 2.37. The first-order valence-electron chi connectivity index (χ1n) is 5.57. The number of fused-ring (bicyclic) bond motifs is 1. The molecule has 4 nitrogen and oxygen atoms in total. The summed E-state index contributed by atoms with van der Waals surface area (Å²) in [6.07, 6.45) is 0.774. The van der Waals surface area contributed by atoms with E-state index in [2.05, 4.69) is 5.32 Å². The summed E-state index contributed by atoms with van der Waals surface area (Å²) in [5.41, 5.74) is 1.77. The molecule has 0 radical (unpaired) electrons. The Balaban J connectivity index is 2.31. The largest absolute Gasteiger partial charge is 0.482 e. The van der Waals surface area contributed by atoms with Crippen LogP contribution in [0.2, 0.25) is 0 Å². The van der Waals surface area contributed by atoms with E-state index in [1.807, 2.05) is 25.2 Å². The summed E-state index contributed by atoms with van der Waals surface area (Å²) in [6, 6.07) is 5.72. The van der Waals surface area contributed by atoms with E-state index in [1.54, 1.807) is 4.90 Å². The molecule has 0 unspecified atom stereocenters.